The number of carboxylic acids is 1. The van der Waals surface area contributed by atoms with Gasteiger partial charge in [-0.2, -0.15) is 0 Å². The molecular weight excluding hydrogens is 208 g/mol. The first kappa shape index (κ1) is 14.7. The Morgan fingerprint density at radius 2 is 2.00 bits per heavy atom. The van der Waals surface area contributed by atoms with Crippen LogP contribution < -0.4 is 0 Å². The van der Waals surface area contributed by atoms with Crippen molar-refractivity contribution in [3.8, 4) is 0 Å². The summed E-state index contributed by atoms with van der Waals surface area (Å²) in [5, 5.41) is 8.86. The van der Waals surface area contributed by atoms with Crippen LogP contribution in [0.3, 0.4) is 0 Å². The van der Waals surface area contributed by atoms with E-state index in [2.05, 4.69) is 0 Å². The highest BCUT2D eigenvalue weighted by Gasteiger charge is 2.11. The Labute approximate surface area is 96.3 Å². The van der Waals surface area contributed by atoms with Crippen molar-refractivity contribution >= 4 is 11.9 Å². The summed E-state index contributed by atoms with van der Waals surface area (Å²) >= 11 is 0. The summed E-state index contributed by atoms with van der Waals surface area (Å²) in [5.74, 6) is -1.61. The SMILES string of the molecule is CCCCC(=CC(=O)OC(C)CC)C(=O)O. The monoisotopic (exact) mass is 228 g/mol. The number of hydrogen-bond donors (Lipinski definition) is 1. The topological polar surface area (TPSA) is 63.6 Å². The molecule has 0 aromatic carbocycles. The Morgan fingerprint density at radius 1 is 1.38 bits per heavy atom. The standard InChI is InChI=1S/C12H20O4/c1-4-6-7-10(12(14)15)8-11(13)16-9(3)5-2/h8-9H,4-7H2,1-3H3,(H,14,15). The van der Waals surface area contributed by atoms with Crippen LogP contribution in [-0.4, -0.2) is 23.1 Å². The smallest absolute Gasteiger partial charge is 0.331 e. The maximum Gasteiger partial charge on any atom is 0.331 e. The van der Waals surface area contributed by atoms with Gasteiger partial charge in [0, 0.05) is 11.6 Å². The van der Waals surface area contributed by atoms with E-state index in [4.69, 9.17) is 9.84 Å². The van der Waals surface area contributed by atoms with E-state index in [9.17, 15) is 9.59 Å². The molecule has 0 amide bonds. The summed E-state index contributed by atoms with van der Waals surface area (Å²) in [7, 11) is 0. The van der Waals surface area contributed by atoms with Gasteiger partial charge in [-0.15, -0.1) is 0 Å². The Kier molecular flexibility index (Phi) is 7.25. The lowest BCUT2D eigenvalue weighted by molar-refractivity contribution is -0.143. The van der Waals surface area contributed by atoms with Gasteiger partial charge in [-0.05, 0) is 26.2 Å². The molecule has 92 valence electrons. The molecule has 1 N–H and O–H groups in total. The molecular formula is C12H20O4. The summed E-state index contributed by atoms with van der Waals surface area (Å²) in [5.41, 5.74) is 0.121. The third-order valence-corrected chi connectivity index (χ3v) is 2.26. The normalized spacial score (nSPS) is 13.3. The zero-order chi connectivity index (χ0) is 12.6. The number of unbranched alkanes of at least 4 members (excludes halogenated alkanes) is 1. The van der Waals surface area contributed by atoms with Crippen molar-refractivity contribution in [2.75, 3.05) is 0 Å². The Balaban J connectivity index is 4.41. The van der Waals surface area contributed by atoms with E-state index in [1.165, 1.54) is 0 Å². The summed E-state index contributed by atoms with van der Waals surface area (Å²) in [6.07, 6.45) is 3.69. The molecule has 0 fully saturated rings. The van der Waals surface area contributed by atoms with Crippen molar-refractivity contribution in [1.82, 2.24) is 0 Å². The summed E-state index contributed by atoms with van der Waals surface area (Å²) in [6, 6.07) is 0. The van der Waals surface area contributed by atoms with E-state index < -0.39 is 11.9 Å². The van der Waals surface area contributed by atoms with E-state index in [1.807, 2.05) is 13.8 Å². The predicted molar refractivity (Wildman–Crippen MR) is 61.1 cm³/mol. The zero-order valence-electron chi connectivity index (χ0n) is 10.2. The van der Waals surface area contributed by atoms with Crippen molar-refractivity contribution in [2.24, 2.45) is 0 Å². The molecule has 16 heavy (non-hydrogen) atoms. The molecule has 0 saturated carbocycles. The van der Waals surface area contributed by atoms with Crippen LogP contribution in [0.1, 0.15) is 46.5 Å². The number of aliphatic carboxylic acids is 1. The van der Waals surface area contributed by atoms with Gasteiger partial charge >= 0.3 is 11.9 Å². The molecule has 0 aromatic rings. The molecule has 4 heteroatoms. The molecule has 1 atom stereocenters. The fourth-order valence-electron chi connectivity index (χ4n) is 1.07. The molecule has 0 rings (SSSR count). The van der Waals surface area contributed by atoms with Gasteiger partial charge in [0.05, 0.1) is 6.10 Å². The first-order valence-corrected chi connectivity index (χ1v) is 5.65. The molecule has 0 bridgehead atoms. The number of rotatable bonds is 7. The second kappa shape index (κ2) is 7.91. The quantitative estimate of drug-likeness (QED) is 0.537. The van der Waals surface area contributed by atoms with Crippen LogP contribution in [0.25, 0.3) is 0 Å². The van der Waals surface area contributed by atoms with Crippen molar-refractivity contribution in [1.29, 1.82) is 0 Å². The largest absolute Gasteiger partial charge is 0.478 e. The molecule has 0 aliphatic heterocycles. The van der Waals surface area contributed by atoms with E-state index in [0.29, 0.717) is 6.42 Å². The molecule has 0 aliphatic rings. The van der Waals surface area contributed by atoms with Gasteiger partial charge in [-0.1, -0.05) is 20.3 Å². The minimum atomic E-state index is -1.05. The highest BCUT2D eigenvalue weighted by atomic mass is 16.5. The number of ether oxygens (including phenoxy) is 1. The van der Waals surface area contributed by atoms with Crippen LogP contribution in [0, 0.1) is 0 Å². The van der Waals surface area contributed by atoms with Crippen molar-refractivity contribution in [2.45, 2.75) is 52.6 Å². The molecule has 0 spiro atoms. The second-order valence-electron chi connectivity index (χ2n) is 3.73. The summed E-state index contributed by atoms with van der Waals surface area (Å²) < 4.78 is 4.98. The minimum Gasteiger partial charge on any atom is -0.478 e. The molecule has 0 aliphatic carbocycles. The number of esters is 1. The third-order valence-electron chi connectivity index (χ3n) is 2.26. The highest BCUT2D eigenvalue weighted by Crippen LogP contribution is 2.08. The molecule has 4 nitrogen and oxygen atoms in total. The van der Waals surface area contributed by atoms with Gasteiger partial charge in [-0.3, -0.25) is 0 Å². The van der Waals surface area contributed by atoms with Crippen LogP contribution in [0.5, 0.6) is 0 Å². The number of carboxylic acid groups (broad SMARTS) is 1. The van der Waals surface area contributed by atoms with E-state index >= 15 is 0 Å². The summed E-state index contributed by atoms with van der Waals surface area (Å²) in [4.78, 5) is 22.1. The Hall–Kier alpha value is -1.32. The van der Waals surface area contributed by atoms with Crippen LogP contribution >= 0.6 is 0 Å². The van der Waals surface area contributed by atoms with Crippen LogP contribution in [0.4, 0.5) is 0 Å². The average Bonchev–Trinajstić information content (AvgIpc) is 2.23. The van der Waals surface area contributed by atoms with Crippen molar-refractivity contribution in [3.63, 3.8) is 0 Å². The fraction of sp³-hybridized carbons (Fsp3) is 0.667. The number of carbonyl (C=O) groups excluding carboxylic acids is 1. The molecule has 1 unspecified atom stereocenters. The van der Waals surface area contributed by atoms with E-state index in [-0.39, 0.29) is 11.7 Å². The molecule has 0 heterocycles. The lowest BCUT2D eigenvalue weighted by Gasteiger charge is -2.09. The lowest BCUT2D eigenvalue weighted by Crippen LogP contribution is -2.13. The average molecular weight is 228 g/mol. The van der Waals surface area contributed by atoms with Crippen molar-refractivity contribution < 1.29 is 19.4 Å². The van der Waals surface area contributed by atoms with Gasteiger partial charge in [-0.25, -0.2) is 9.59 Å². The van der Waals surface area contributed by atoms with Crippen LogP contribution in [-0.2, 0) is 14.3 Å². The van der Waals surface area contributed by atoms with Gasteiger partial charge in [0.25, 0.3) is 0 Å². The number of carbonyl (C=O) groups is 2. The van der Waals surface area contributed by atoms with Crippen LogP contribution in [0.2, 0.25) is 0 Å². The highest BCUT2D eigenvalue weighted by molar-refractivity contribution is 5.95. The first-order valence-electron chi connectivity index (χ1n) is 5.65. The van der Waals surface area contributed by atoms with Crippen molar-refractivity contribution in [3.05, 3.63) is 11.6 Å². The summed E-state index contributed by atoms with van der Waals surface area (Å²) in [6.45, 7) is 5.64. The third kappa shape index (κ3) is 6.22. The predicted octanol–water partition coefficient (Wildman–Crippen LogP) is 2.53. The van der Waals surface area contributed by atoms with Gasteiger partial charge in [0.15, 0.2) is 0 Å². The Morgan fingerprint density at radius 3 is 2.44 bits per heavy atom. The molecule has 0 radical (unpaired) electrons. The van der Waals surface area contributed by atoms with E-state index in [0.717, 1.165) is 25.3 Å². The lowest BCUT2D eigenvalue weighted by atomic mass is 10.1. The molecule has 0 saturated heterocycles. The maximum atomic E-state index is 11.3. The second-order valence-corrected chi connectivity index (χ2v) is 3.73. The van der Waals surface area contributed by atoms with Gasteiger partial charge in [0.1, 0.15) is 0 Å². The Bertz CT molecular complexity index is 268. The maximum absolute atomic E-state index is 11.3. The minimum absolute atomic E-state index is 0.121. The van der Waals surface area contributed by atoms with E-state index in [1.54, 1.807) is 6.92 Å². The fourth-order valence-corrected chi connectivity index (χ4v) is 1.07. The van der Waals surface area contributed by atoms with Gasteiger partial charge < -0.3 is 9.84 Å². The first-order chi connectivity index (χ1) is 7.51. The molecule has 0 aromatic heterocycles. The zero-order valence-corrected chi connectivity index (χ0v) is 10.2. The van der Waals surface area contributed by atoms with Crippen LogP contribution in [0.15, 0.2) is 11.6 Å². The number of hydrogen-bond acceptors (Lipinski definition) is 3. The van der Waals surface area contributed by atoms with Gasteiger partial charge in [0.2, 0.25) is 0 Å².